The molecule has 0 spiro atoms. The minimum absolute atomic E-state index is 0.212. The minimum Gasteiger partial charge on any atom is -0.413 e. The van der Waals surface area contributed by atoms with E-state index in [0.29, 0.717) is 0 Å². The van der Waals surface area contributed by atoms with Crippen molar-refractivity contribution in [3.63, 3.8) is 0 Å². The monoisotopic (exact) mass is 321 g/mol. The molecular weight excluding hydrogens is 290 g/mol. The highest BCUT2D eigenvalue weighted by Crippen LogP contribution is 2.39. The van der Waals surface area contributed by atoms with E-state index in [-0.39, 0.29) is 23.8 Å². The first-order chi connectivity index (χ1) is 10.2. The van der Waals surface area contributed by atoms with E-state index < -0.39 is 8.32 Å². The summed E-state index contributed by atoms with van der Waals surface area (Å²) in [6, 6.07) is 10.7. The Morgan fingerprint density at radius 2 is 1.86 bits per heavy atom. The Labute approximate surface area is 136 Å². The number of benzene rings is 1. The second kappa shape index (κ2) is 6.83. The zero-order valence-corrected chi connectivity index (χ0v) is 15.7. The molecule has 1 aliphatic heterocycles. The molecular formula is C18H31NO2Si. The van der Waals surface area contributed by atoms with Crippen molar-refractivity contribution in [2.75, 3.05) is 13.2 Å². The van der Waals surface area contributed by atoms with Crippen LogP contribution >= 0.6 is 0 Å². The average Bonchev–Trinajstić information content (AvgIpc) is 2.79. The molecule has 0 aliphatic carbocycles. The summed E-state index contributed by atoms with van der Waals surface area (Å²) in [5.74, 6) is 0. The second-order valence-electron chi connectivity index (χ2n) is 7.99. The maximum Gasteiger partial charge on any atom is 0.192 e. The first-order valence-electron chi connectivity index (χ1n) is 8.29. The van der Waals surface area contributed by atoms with E-state index in [4.69, 9.17) is 4.43 Å². The van der Waals surface area contributed by atoms with Gasteiger partial charge in [0.15, 0.2) is 8.32 Å². The van der Waals surface area contributed by atoms with Crippen molar-refractivity contribution in [2.24, 2.45) is 0 Å². The molecule has 0 saturated carbocycles. The Kier molecular flexibility index (Phi) is 5.48. The number of hydrogen-bond donors (Lipinski definition) is 1. The molecule has 0 unspecified atom stereocenters. The topological polar surface area (TPSA) is 32.7 Å². The molecule has 124 valence electrons. The Morgan fingerprint density at radius 1 is 1.23 bits per heavy atom. The smallest absolute Gasteiger partial charge is 0.192 e. The van der Waals surface area contributed by atoms with Gasteiger partial charge < -0.3 is 9.53 Å². The lowest BCUT2D eigenvalue weighted by molar-refractivity contribution is 0.150. The lowest BCUT2D eigenvalue weighted by atomic mass is 10.2. The van der Waals surface area contributed by atoms with E-state index in [1.807, 2.05) is 6.07 Å². The Hall–Kier alpha value is -0.683. The molecule has 1 saturated heterocycles. The van der Waals surface area contributed by atoms with Crippen molar-refractivity contribution in [1.82, 2.24) is 4.90 Å². The van der Waals surface area contributed by atoms with Crippen LogP contribution in [0.2, 0.25) is 18.1 Å². The van der Waals surface area contributed by atoms with Crippen molar-refractivity contribution in [3.8, 4) is 0 Å². The molecule has 22 heavy (non-hydrogen) atoms. The fourth-order valence-corrected chi connectivity index (χ4v) is 4.18. The number of likely N-dealkylation sites (tertiary alicyclic amines) is 1. The second-order valence-corrected chi connectivity index (χ2v) is 12.7. The highest BCUT2D eigenvalue weighted by atomic mass is 28.4. The Bertz CT molecular complexity index is 470. The van der Waals surface area contributed by atoms with Crippen LogP contribution < -0.4 is 0 Å². The quantitative estimate of drug-likeness (QED) is 0.840. The van der Waals surface area contributed by atoms with E-state index >= 15 is 0 Å². The summed E-state index contributed by atoms with van der Waals surface area (Å²) >= 11 is 0. The van der Waals surface area contributed by atoms with Gasteiger partial charge in [-0.3, -0.25) is 4.90 Å². The molecule has 0 amide bonds. The normalized spacial score (nSPS) is 23.9. The molecule has 0 aromatic heterocycles. The van der Waals surface area contributed by atoms with Crippen molar-refractivity contribution >= 4 is 8.32 Å². The summed E-state index contributed by atoms with van der Waals surface area (Å²) in [4.78, 5) is 2.37. The summed E-state index contributed by atoms with van der Waals surface area (Å²) in [6.45, 7) is 13.5. The molecule has 2 atom stereocenters. The van der Waals surface area contributed by atoms with Gasteiger partial charge in [0.2, 0.25) is 0 Å². The fraction of sp³-hybridized carbons (Fsp3) is 0.667. The zero-order chi connectivity index (χ0) is 16.4. The Balaban J connectivity index is 2.00. The van der Waals surface area contributed by atoms with Crippen molar-refractivity contribution in [2.45, 2.75) is 64.0 Å². The van der Waals surface area contributed by atoms with E-state index in [1.54, 1.807) is 0 Å². The van der Waals surface area contributed by atoms with Crippen LogP contribution in [0.4, 0.5) is 0 Å². The SMILES string of the molecule is CC(C)(C)[Si](C)(C)O[C@H]1C[C@@H](CO)N(Cc2ccccc2)C1. The van der Waals surface area contributed by atoms with Crippen LogP contribution in [0, 0.1) is 0 Å². The minimum atomic E-state index is -1.74. The van der Waals surface area contributed by atoms with Crippen molar-refractivity contribution in [3.05, 3.63) is 35.9 Å². The fourth-order valence-electron chi connectivity index (χ4n) is 2.82. The maximum atomic E-state index is 9.70. The van der Waals surface area contributed by atoms with Crippen LogP contribution in [0.3, 0.4) is 0 Å². The predicted octanol–water partition coefficient (Wildman–Crippen LogP) is 3.64. The van der Waals surface area contributed by atoms with Gasteiger partial charge >= 0.3 is 0 Å². The molecule has 1 fully saturated rings. The van der Waals surface area contributed by atoms with Crippen LogP contribution in [-0.2, 0) is 11.0 Å². The third kappa shape index (κ3) is 4.19. The highest BCUT2D eigenvalue weighted by Gasteiger charge is 2.42. The molecule has 1 N–H and O–H groups in total. The van der Waals surface area contributed by atoms with Crippen LogP contribution in [0.25, 0.3) is 0 Å². The van der Waals surface area contributed by atoms with Crippen molar-refractivity contribution < 1.29 is 9.53 Å². The molecule has 1 aromatic carbocycles. The van der Waals surface area contributed by atoms with Crippen molar-refractivity contribution in [1.29, 1.82) is 0 Å². The average molecular weight is 322 g/mol. The summed E-state index contributed by atoms with van der Waals surface area (Å²) in [6.07, 6.45) is 1.19. The lowest BCUT2D eigenvalue weighted by Crippen LogP contribution is -2.44. The van der Waals surface area contributed by atoms with Gasteiger partial charge in [-0.2, -0.15) is 0 Å². The van der Waals surface area contributed by atoms with Crippen LogP contribution in [0.5, 0.6) is 0 Å². The van der Waals surface area contributed by atoms with Crippen LogP contribution in [0.15, 0.2) is 30.3 Å². The van der Waals surface area contributed by atoms with Gasteiger partial charge in [0, 0.05) is 19.1 Å². The predicted molar refractivity (Wildman–Crippen MR) is 94.4 cm³/mol. The van der Waals surface area contributed by atoms with Gasteiger partial charge in [-0.05, 0) is 30.1 Å². The molecule has 1 aliphatic rings. The first-order valence-corrected chi connectivity index (χ1v) is 11.2. The number of aliphatic hydroxyl groups excluding tert-OH is 1. The van der Waals surface area contributed by atoms with Gasteiger partial charge in [0.1, 0.15) is 0 Å². The third-order valence-electron chi connectivity index (χ3n) is 5.20. The van der Waals surface area contributed by atoms with Gasteiger partial charge in [0.05, 0.1) is 12.7 Å². The molecule has 1 aromatic rings. The summed E-state index contributed by atoms with van der Waals surface area (Å²) in [5, 5.41) is 9.94. The highest BCUT2D eigenvalue weighted by molar-refractivity contribution is 6.74. The van der Waals surface area contributed by atoms with Crippen LogP contribution in [-0.4, -0.2) is 43.6 Å². The maximum absolute atomic E-state index is 9.70. The van der Waals surface area contributed by atoms with Gasteiger partial charge in [-0.25, -0.2) is 0 Å². The molecule has 2 rings (SSSR count). The molecule has 3 nitrogen and oxygen atoms in total. The molecule has 0 bridgehead atoms. The lowest BCUT2D eigenvalue weighted by Gasteiger charge is -2.38. The standard InChI is InChI=1S/C18H31NO2Si/c1-18(2,3)22(4,5)21-17-11-16(14-20)19(13-17)12-15-9-7-6-8-10-15/h6-10,16-17,20H,11-14H2,1-5H3/t16-,17-/m0/s1. The molecule has 1 heterocycles. The van der Waals surface area contributed by atoms with Gasteiger partial charge in [-0.1, -0.05) is 51.1 Å². The van der Waals surface area contributed by atoms with E-state index in [2.05, 4.69) is 63.0 Å². The number of rotatable bonds is 5. The van der Waals surface area contributed by atoms with E-state index in [0.717, 1.165) is 19.5 Å². The van der Waals surface area contributed by atoms with E-state index in [1.165, 1.54) is 5.56 Å². The van der Waals surface area contributed by atoms with Crippen LogP contribution in [0.1, 0.15) is 32.8 Å². The summed E-state index contributed by atoms with van der Waals surface area (Å²) in [7, 11) is -1.74. The summed E-state index contributed by atoms with van der Waals surface area (Å²) in [5.41, 5.74) is 1.30. The Morgan fingerprint density at radius 3 is 2.41 bits per heavy atom. The zero-order valence-electron chi connectivity index (χ0n) is 14.7. The largest absolute Gasteiger partial charge is 0.413 e. The molecule has 0 radical (unpaired) electrons. The summed E-state index contributed by atoms with van der Waals surface area (Å²) < 4.78 is 6.55. The van der Waals surface area contributed by atoms with E-state index in [9.17, 15) is 5.11 Å². The van der Waals surface area contributed by atoms with Gasteiger partial charge in [0.25, 0.3) is 0 Å². The molecule has 4 heteroatoms. The van der Waals surface area contributed by atoms with Gasteiger partial charge in [-0.15, -0.1) is 0 Å². The number of nitrogens with zero attached hydrogens (tertiary/aromatic N) is 1. The third-order valence-corrected chi connectivity index (χ3v) is 9.73. The number of hydrogen-bond acceptors (Lipinski definition) is 3. The first kappa shape index (κ1) is 17.7. The number of aliphatic hydroxyl groups is 1.